The molecule has 3 amide bonds. The summed E-state index contributed by atoms with van der Waals surface area (Å²) < 4.78 is 0. The quantitative estimate of drug-likeness (QED) is 0.0875. The summed E-state index contributed by atoms with van der Waals surface area (Å²) in [7, 11) is 0. The molecular formula is C16H29N5O8S. The predicted octanol–water partition coefficient (Wildman–Crippen LogP) is -3.62. The highest BCUT2D eigenvalue weighted by Crippen LogP contribution is 2.03. The Morgan fingerprint density at radius 2 is 1.40 bits per heavy atom. The monoisotopic (exact) mass is 451 g/mol. The van der Waals surface area contributed by atoms with Gasteiger partial charge in [0.2, 0.25) is 17.7 Å². The van der Waals surface area contributed by atoms with Crippen molar-refractivity contribution in [1.82, 2.24) is 16.0 Å². The lowest BCUT2D eigenvalue weighted by molar-refractivity contribution is -0.141. The Kier molecular flexibility index (Phi) is 13.4. The Balaban J connectivity index is 5.16. The lowest BCUT2D eigenvalue weighted by Gasteiger charge is -2.24. The molecule has 4 atom stereocenters. The highest BCUT2D eigenvalue weighted by Gasteiger charge is 2.29. The van der Waals surface area contributed by atoms with Gasteiger partial charge in [0, 0.05) is 5.75 Å². The zero-order chi connectivity index (χ0) is 23.3. The van der Waals surface area contributed by atoms with Crippen LogP contribution in [0.5, 0.6) is 0 Å². The summed E-state index contributed by atoms with van der Waals surface area (Å²) in [5.74, 6) is -5.50. The second-order valence-electron chi connectivity index (χ2n) is 6.38. The molecule has 13 nitrogen and oxygen atoms in total. The van der Waals surface area contributed by atoms with Crippen LogP contribution in [0.2, 0.25) is 0 Å². The highest BCUT2D eigenvalue weighted by molar-refractivity contribution is 7.80. The number of unbranched alkanes of at least 4 members (excludes halogenated alkanes) is 1. The molecule has 14 heteroatoms. The van der Waals surface area contributed by atoms with Gasteiger partial charge in [0.1, 0.15) is 18.1 Å². The number of hydrogen-bond donors (Lipinski definition) is 9. The third kappa shape index (κ3) is 10.4. The van der Waals surface area contributed by atoms with Crippen LogP contribution < -0.4 is 27.4 Å². The van der Waals surface area contributed by atoms with Crippen LogP contribution in [0.15, 0.2) is 0 Å². The van der Waals surface area contributed by atoms with Crippen LogP contribution in [0.25, 0.3) is 0 Å². The molecule has 0 radical (unpaired) electrons. The molecule has 172 valence electrons. The molecular weight excluding hydrogens is 422 g/mol. The van der Waals surface area contributed by atoms with Crippen molar-refractivity contribution < 1.29 is 39.3 Å². The average Bonchev–Trinajstić information content (AvgIpc) is 2.68. The van der Waals surface area contributed by atoms with Gasteiger partial charge >= 0.3 is 11.9 Å². The SMILES string of the molecule is NCCCCC(NC(=O)C(CO)NC(=O)C(N)CC(=O)O)C(=O)NC(CS)C(=O)O. The van der Waals surface area contributed by atoms with Gasteiger partial charge < -0.3 is 42.7 Å². The Labute approximate surface area is 178 Å². The van der Waals surface area contributed by atoms with Gasteiger partial charge in [0.05, 0.1) is 19.1 Å². The van der Waals surface area contributed by atoms with E-state index in [4.69, 9.17) is 21.7 Å². The van der Waals surface area contributed by atoms with E-state index in [1.165, 1.54) is 0 Å². The number of thiol groups is 1. The van der Waals surface area contributed by atoms with Crippen molar-refractivity contribution in [3.8, 4) is 0 Å². The summed E-state index contributed by atoms with van der Waals surface area (Å²) in [6, 6.07) is -5.39. The molecule has 0 saturated heterocycles. The van der Waals surface area contributed by atoms with Crippen LogP contribution in [-0.2, 0) is 24.0 Å². The first-order chi connectivity index (χ1) is 14.1. The van der Waals surface area contributed by atoms with Crippen molar-refractivity contribution in [2.75, 3.05) is 18.9 Å². The fourth-order valence-corrected chi connectivity index (χ4v) is 2.49. The van der Waals surface area contributed by atoms with Crippen LogP contribution in [-0.4, -0.2) is 88.1 Å². The molecule has 0 rings (SSSR count). The third-order valence-electron chi connectivity index (χ3n) is 3.92. The first kappa shape index (κ1) is 27.6. The number of nitrogens with two attached hydrogens (primary N) is 2. The maximum absolute atomic E-state index is 12.4. The largest absolute Gasteiger partial charge is 0.481 e. The van der Waals surface area contributed by atoms with Gasteiger partial charge in [-0.1, -0.05) is 0 Å². The number of amides is 3. The highest BCUT2D eigenvalue weighted by atomic mass is 32.1. The lowest BCUT2D eigenvalue weighted by Crippen LogP contribution is -2.58. The number of carboxylic acid groups (broad SMARTS) is 2. The summed E-state index contributed by atoms with van der Waals surface area (Å²) >= 11 is 3.85. The average molecular weight is 452 g/mol. The van der Waals surface area contributed by atoms with Gasteiger partial charge in [-0.2, -0.15) is 12.6 Å². The molecule has 0 aliphatic heterocycles. The van der Waals surface area contributed by atoms with E-state index in [0.29, 0.717) is 19.4 Å². The maximum Gasteiger partial charge on any atom is 0.327 e. The topological polar surface area (TPSA) is 234 Å². The second kappa shape index (κ2) is 14.5. The van der Waals surface area contributed by atoms with E-state index in [-0.39, 0.29) is 12.2 Å². The molecule has 0 heterocycles. The van der Waals surface area contributed by atoms with E-state index in [0.717, 1.165) is 0 Å². The summed E-state index contributed by atoms with van der Waals surface area (Å²) in [5, 5.41) is 33.8. The lowest BCUT2D eigenvalue weighted by atomic mass is 10.1. The standard InChI is InChI=1S/C16H29N5O8S/c17-4-2-1-3-9(14(26)21-11(7-30)16(28)29)19-15(27)10(6-22)20-13(25)8(18)5-12(23)24/h8-11,22,30H,1-7,17-18H2,(H,19,27)(H,20,25)(H,21,26)(H,23,24)(H,28,29). The van der Waals surface area contributed by atoms with Gasteiger partial charge in [-0.15, -0.1) is 0 Å². The second-order valence-corrected chi connectivity index (χ2v) is 6.74. The first-order valence-corrected chi connectivity index (χ1v) is 9.73. The summed E-state index contributed by atoms with van der Waals surface area (Å²) in [6.07, 6.45) is 0.417. The smallest absolute Gasteiger partial charge is 0.327 e. The van der Waals surface area contributed by atoms with Crippen molar-refractivity contribution >= 4 is 42.3 Å². The molecule has 0 aromatic heterocycles. The molecule has 0 saturated carbocycles. The van der Waals surface area contributed by atoms with E-state index in [2.05, 4.69) is 28.6 Å². The molecule has 0 spiro atoms. The number of aliphatic hydroxyl groups is 1. The number of carbonyl (C=O) groups is 5. The predicted molar refractivity (Wildman–Crippen MR) is 108 cm³/mol. The summed E-state index contributed by atoms with van der Waals surface area (Å²) in [5.41, 5.74) is 10.8. The van der Waals surface area contributed by atoms with Crippen LogP contribution in [0, 0.1) is 0 Å². The minimum atomic E-state index is -1.50. The molecule has 0 aliphatic rings. The van der Waals surface area contributed by atoms with Crippen molar-refractivity contribution in [2.24, 2.45) is 11.5 Å². The summed E-state index contributed by atoms with van der Waals surface area (Å²) in [6.45, 7) is -0.504. The molecule has 0 aliphatic carbocycles. The first-order valence-electron chi connectivity index (χ1n) is 9.10. The molecule has 0 fully saturated rings. The zero-order valence-electron chi connectivity index (χ0n) is 16.2. The Hall–Kier alpha value is -2.42. The van der Waals surface area contributed by atoms with Crippen LogP contribution in [0.4, 0.5) is 0 Å². The van der Waals surface area contributed by atoms with Gasteiger partial charge in [0.15, 0.2) is 0 Å². The number of rotatable bonds is 15. The van der Waals surface area contributed by atoms with Gasteiger partial charge in [-0.05, 0) is 25.8 Å². The van der Waals surface area contributed by atoms with Gasteiger partial charge in [-0.25, -0.2) is 4.79 Å². The molecule has 30 heavy (non-hydrogen) atoms. The van der Waals surface area contributed by atoms with Crippen LogP contribution in [0.3, 0.4) is 0 Å². The van der Waals surface area contributed by atoms with Gasteiger partial charge in [-0.3, -0.25) is 19.2 Å². The molecule has 0 aromatic carbocycles. The fraction of sp³-hybridized carbons (Fsp3) is 0.688. The minimum Gasteiger partial charge on any atom is -0.481 e. The molecule has 0 bridgehead atoms. The van der Waals surface area contributed by atoms with E-state index in [1.807, 2.05) is 0 Å². The number of nitrogens with one attached hydrogen (secondary N) is 3. The number of hydrogen-bond acceptors (Lipinski definition) is 9. The van der Waals surface area contributed by atoms with E-state index in [1.54, 1.807) is 0 Å². The van der Waals surface area contributed by atoms with Crippen LogP contribution >= 0.6 is 12.6 Å². The number of aliphatic hydroxyl groups excluding tert-OH is 1. The fourth-order valence-electron chi connectivity index (χ4n) is 2.25. The van der Waals surface area contributed by atoms with E-state index in [9.17, 15) is 29.1 Å². The molecule has 0 aromatic rings. The zero-order valence-corrected chi connectivity index (χ0v) is 17.1. The number of carboxylic acids is 2. The molecule has 4 unspecified atom stereocenters. The van der Waals surface area contributed by atoms with Crippen molar-refractivity contribution in [2.45, 2.75) is 49.9 Å². The normalized spacial score (nSPS) is 14.7. The Bertz CT molecular complexity index is 620. The maximum atomic E-state index is 12.4. The van der Waals surface area contributed by atoms with Crippen molar-refractivity contribution in [3.05, 3.63) is 0 Å². The number of carbonyl (C=O) groups excluding carboxylic acids is 3. The van der Waals surface area contributed by atoms with Gasteiger partial charge in [0.25, 0.3) is 0 Å². The van der Waals surface area contributed by atoms with E-state index < -0.39 is 66.9 Å². The third-order valence-corrected chi connectivity index (χ3v) is 4.29. The minimum absolute atomic E-state index is 0.123. The summed E-state index contributed by atoms with van der Waals surface area (Å²) in [4.78, 5) is 58.4. The van der Waals surface area contributed by atoms with Crippen molar-refractivity contribution in [1.29, 1.82) is 0 Å². The van der Waals surface area contributed by atoms with Crippen LogP contribution in [0.1, 0.15) is 25.7 Å². The number of aliphatic carboxylic acids is 2. The van der Waals surface area contributed by atoms with E-state index >= 15 is 0 Å². The Morgan fingerprint density at radius 3 is 1.87 bits per heavy atom. The molecule has 10 N–H and O–H groups in total. The Morgan fingerprint density at radius 1 is 0.867 bits per heavy atom. The van der Waals surface area contributed by atoms with Crippen molar-refractivity contribution in [3.63, 3.8) is 0 Å².